The number of anilines is 1. The van der Waals surface area contributed by atoms with Gasteiger partial charge >= 0.3 is 0 Å². The third-order valence-corrected chi connectivity index (χ3v) is 4.52. The quantitative estimate of drug-likeness (QED) is 0.802. The van der Waals surface area contributed by atoms with Gasteiger partial charge in [0.15, 0.2) is 0 Å². The van der Waals surface area contributed by atoms with Gasteiger partial charge < -0.3 is 4.90 Å². The van der Waals surface area contributed by atoms with Gasteiger partial charge in [0.1, 0.15) is 0 Å². The van der Waals surface area contributed by atoms with Crippen molar-refractivity contribution in [1.29, 1.82) is 5.26 Å². The SMILES string of the molecule is CC(C)(C#N)c1ccc(N2CC(CBr)CC2=O)cc1. The van der Waals surface area contributed by atoms with Gasteiger partial charge in [0.05, 0.1) is 11.5 Å². The van der Waals surface area contributed by atoms with Crippen molar-refractivity contribution >= 4 is 27.5 Å². The minimum atomic E-state index is -0.494. The number of hydrogen-bond acceptors (Lipinski definition) is 2. The summed E-state index contributed by atoms with van der Waals surface area (Å²) < 4.78 is 0. The summed E-state index contributed by atoms with van der Waals surface area (Å²) in [6.45, 7) is 4.55. The minimum absolute atomic E-state index is 0.178. The fourth-order valence-electron chi connectivity index (χ4n) is 2.26. The molecule has 1 aliphatic rings. The van der Waals surface area contributed by atoms with E-state index >= 15 is 0 Å². The summed E-state index contributed by atoms with van der Waals surface area (Å²) >= 11 is 3.44. The van der Waals surface area contributed by atoms with Crippen molar-refractivity contribution in [3.8, 4) is 6.07 Å². The van der Waals surface area contributed by atoms with E-state index in [0.29, 0.717) is 12.3 Å². The molecule has 1 aliphatic heterocycles. The molecule has 1 unspecified atom stereocenters. The third kappa shape index (κ3) is 2.82. The van der Waals surface area contributed by atoms with Gasteiger partial charge in [-0.1, -0.05) is 28.1 Å². The minimum Gasteiger partial charge on any atom is -0.312 e. The largest absolute Gasteiger partial charge is 0.312 e. The molecule has 1 heterocycles. The zero-order valence-electron chi connectivity index (χ0n) is 11.2. The summed E-state index contributed by atoms with van der Waals surface area (Å²) in [4.78, 5) is 13.8. The molecule has 1 saturated heterocycles. The van der Waals surface area contributed by atoms with Crippen LogP contribution in [0.15, 0.2) is 24.3 Å². The van der Waals surface area contributed by atoms with E-state index in [-0.39, 0.29) is 5.91 Å². The smallest absolute Gasteiger partial charge is 0.227 e. The second kappa shape index (κ2) is 5.34. The van der Waals surface area contributed by atoms with Crippen LogP contribution < -0.4 is 4.90 Å². The van der Waals surface area contributed by atoms with Crippen LogP contribution in [0.4, 0.5) is 5.69 Å². The molecule has 0 radical (unpaired) electrons. The molecule has 2 rings (SSSR count). The Morgan fingerprint density at radius 2 is 2.05 bits per heavy atom. The van der Waals surface area contributed by atoms with E-state index in [4.69, 9.17) is 5.26 Å². The molecule has 0 bridgehead atoms. The van der Waals surface area contributed by atoms with Crippen LogP contribution in [0.25, 0.3) is 0 Å². The number of amides is 1. The van der Waals surface area contributed by atoms with Crippen LogP contribution in [-0.4, -0.2) is 17.8 Å². The molecule has 0 N–H and O–H groups in total. The maximum Gasteiger partial charge on any atom is 0.227 e. The van der Waals surface area contributed by atoms with Crippen molar-refractivity contribution in [1.82, 2.24) is 0 Å². The second-order valence-corrected chi connectivity index (χ2v) is 6.16. The number of nitrogens with zero attached hydrogens (tertiary/aromatic N) is 2. The van der Waals surface area contributed by atoms with Gasteiger partial charge in [-0.25, -0.2) is 0 Å². The van der Waals surface area contributed by atoms with Crippen LogP contribution >= 0.6 is 15.9 Å². The van der Waals surface area contributed by atoms with E-state index in [1.807, 2.05) is 43.0 Å². The molecule has 1 aromatic carbocycles. The first-order chi connectivity index (χ1) is 8.97. The van der Waals surface area contributed by atoms with E-state index in [0.717, 1.165) is 23.1 Å². The van der Waals surface area contributed by atoms with Gasteiger partial charge in [0.2, 0.25) is 5.91 Å². The topological polar surface area (TPSA) is 44.1 Å². The predicted molar refractivity (Wildman–Crippen MR) is 79.3 cm³/mol. The molecule has 19 heavy (non-hydrogen) atoms. The lowest BCUT2D eigenvalue weighted by molar-refractivity contribution is -0.117. The normalized spacial score (nSPS) is 19.6. The maximum absolute atomic E-state index is 11.9. The number of hydrogen-bond donors (Lipinski definition) is 0. The lowest BCUT2D eigenvalue weighted by atomic mass is 9.86. The maximum atomic E-state index is 11.9. The van der Waals surface area contributed by atoms with Gasteiger partial charge in [-0.3, -0.25) is 4.79 Å². The highest BCUT2D eigenvalue weighted by Crippen LogP contribution is 2.29. The van der Waals surface area contributed by atoms with E-state index in [9.17, 15) is 4.79 Å². The number of halogens is 1. The summed E-state index contributed by atoms with van der Waals surface area (Å²) in [6.07, 6.45) is 0.608. The molecule has 3 nitrogen and oxygen atoms in total. The highest BCUT2D eigenvalue weighted by Gasteiger charge is 2.30. The van der Waals surface area contributed by atoms with Gasteiger partial charge in [-0.05, 0) is 37.5 Å². The molecule has 1 atom stereocenters. The Morgan fingerprint density at radius 1 is 1.42 bits per heavy atom. The number of carbonyl (C=O) groups is 1. The third-order valence-electron chi connectivity index (χ3n) is 3.60. The van der Waals surface area contributed by atoms with Gasteiger partial charge in [-0.15, -0.1) is 0 Å². The summed E-state index contributed by atoms with van der Waals surface area (Å²) in [7, 11) is 0. The van der Waals surface area contributed by atoms with E-state index in [1.165, 1.54) is 0 Å². The molecule has 0 saturated carbocycles. The standard InChI is InChI=1S/C15H17BrN2O/c1-15(2,10-17)12-3-5-13(6-4-12)18-9-11(8-16)7-14(18)19/h3-6,11H,7-9H2,1-2H3. The van der Waals surface area contributed by atoms with E-state index in [1.54, 1.807) is 0 Å². The average Bonchev–Trinajstić information content (AvgIpc) is 2.80. The zero-order valence-corrected chi connectivity index (χ0v) is 12.8. The molecular formula is C15H17BrN2O. The fraction of sp³-hybridized carbons (Fsp3) is 0.467. The summed E-state index contributed by atoms with van der Waals surface area (Å²) in [5.74, 6) is 0.569. The predicted octanol–water partition coefficient (Wildman–Crippen LogP) is 3.24. The zero-order chi connectivity index (χ0) is 14.0. The van der Waals surface area contributed by atoms with Crippen molar-refractivity contribution in [2.45, 2.75) is 25.7 Å². The molecule has 0 aromatic heterocycles. The Hall–Kier alpha value is -1.34. The first-order valence-corrected chi connectivity index (χ1v) is 7.48. The number of benzene rings is 1. The Morgan fingerprint density at radius 3 is 2.53 bits per heavy atom. The van der Waals surface area contributed by atoms with Gasteiger partial charge in [0, 0.05) is 24.0 Å². The van der Waals surface area contributed by atoms with Crippen molar-refractivity contribution in [3.05, 3.63) is 29.8 Å². The molecule has 0 spiro atoms. The van der Waals surface area contributed by atoms with Crippen LogP contribution in [-0.2, 0) is 10.2 Å². The molecule has 1 amide bonds. The van der Waals surface area contributed by atoms with Gasteiger partial charge in [-0.2, -0.15) is 5.26 Å². The van der Waals surface area contributed by atoms with Crippen LogP contribution in [0.5, 0.6) is 0 Å². The molecule has 4 heteroatoms. The molecule has 100 valence electrons. The van der Waals surface area contributed by atoms with Crippen molar-refractivity contribution in [3.63, 3.8) is 0 Å². The highest BCUT2D eigenvalue weighted by molar-refractivity contribution is 9.09. The van der Waals surface area contributed by atoms with Crippen molar-refractivity contribution in [2.24, 2.45) is 5.92 Å². The second-order valence-electron chi connectivity index (χ2n) is 5.51. The first-order valence-electron chi connectivity index (χ1n) is 6.36. The number of rotatable bonds is 3. The van der Waals surface area contributed by atoms with Crippen molar-refractivity contribution in [2.75, 3.05) is 16.8 Å². The Bertz CT molecular complexity index is 516. The van der Waals surface area contributed by atoms with Crippen LogP contribution in [0.3, 0.4) is 0 Å². The number of nitriles is 1. The van der Waals surface area contributed by atoms with Crippen LogP contribution in [0.1, 0.15) is 25.8 Å². The van der Waals surface area contributed by atoms with E-state index in [2.05, 4.69) is 22.0 Å². The average molecular weight is 321 g/mol. The monoisotopic (exact) mass is 320 g/mol. The highest BCUT2D eigenvalue weighted by atomic mass is 79.9. The lowest BCUT2D eigenvalue weighted by Gasteiger charge is -2.20. The molecule has 0 aliphatic carbocycles. The van der Waals surface area contributed by atoms with E-state index < -0.39 is 5.41 Å². The molecule has 1 fully saturated rings. The Balaban J connectivity index is 2.20. The Labute approximate surface area is 122 Å². The number of alkyl halides is 1. The van der Waals surface area contributed by atoms with Crippen LogP contribution in [0, 0.1) is 17.2 Å². The molecule has 1 aromatic rings. The molecular weight excluding hydrogens is 304 g/mol. The fourth-order valence-corrected chi connectivity index (χ4v) is 2.69. The lowest BCUT2D eigenvalue weighted by Crippen LogP contribution is -2.24. The summed E-state index contributed by atoms with van der Waals surface area (Å²) in [5.41, 5.74) is 1.40. The Kier molecular flexibility index (Phi) is 3.96. The summed E-state index contributed by atoms with van der Waals surface area (Å²) in [5, 5.41) is 9.97. The summed E-state index contributed by atoms with van der Waals surface area (Å²) in [6, 6.07) is 10.0. The van der Waals surface area contributed by atoms with Crippen LogP contribution in [0.2, 0.25) is 0 Å². The van der Waals surface area contributed by atoms with Gasteiger partial charge in [0.25, 0.3) is 0 Å². The number of carbonyl (C=O) groups excluding carboxylic acids is 1. The van der Waals surface area contributed by atoms with Crippen molar-refractivity contribution < 1.29 is 4.79 Å². The first kappa shape index (κ1) is 14.1.